The number of nitrogens with zero attached hydrogens (tertiary/aromatic N) is 2. The van der Waals surface area contributed by atoms with E-state index in [4.69, 9.17) is 9.63 Å². The van der Waals surface area contributed by atoms with Crippen LogP contribution in [-0.2, 0) is 19.5 Å². The molecule has 1 aliphatic heterocycles. The second-order valence-corrected chi connectivity index (χ2v) is 4.85. The lowest BCUT2D eigenvalue weighted by Gasteiger charge is -2.28. The van der Waals surface area contributed by atoms with Crippen molar-refractivity contribution >= 4 is 5.97 Å². The molecule has 0 aliphatic carbocycles. The summed E-state index contributed by atoms with van der Waals surface area (Å²) in [4.78, 5) is 13.2. The Morgan fingerprint density at radius 1 is 1.50 bits per heavy atom. The Balaban J connectivity index is 1.86. The predicted molar refractivity (Wildman–Crippen MR) is 67.7 cm³/mol. The third-order valence-corrected chi connectivity index (χ3v) is 3.49. The molecule has 1 aromatic heterocycles. The van der Waals surface area contributed by atoms with Gasteiger partial charge in [0.05, 0.1) is 11.3 Å². The lowest BCUT2D eigenvalue weighted by atomic mass is 9.94. The largest absolute Gasteiger partial charge is 0.478 e. The van der Waals surface area contributed by atoms with Crippen molar-refractivity contribution in [2.75, 3.05) is 6.54 Å². The van der Waals surface area contributed by atoms with Crippen molar-refractivity contribution < 1.29 is 18.8 Å². The zero-order valence-electron chi connectivity index (χ0n) is 10.7. The zero-order chi connectivity index (χ0) is 14.1. The maximum atomic E-state index is 13.5. The Morgan fingerprint density at radius 2 is 2.35 bits per heavy atom. The van der Waals surface area contributed by atoms with Crippen LogP contribution in [-0.4, -0.2) is 27.7 Å². The van der Waals surface area contributed by atoms with Crippen molar-refractivity contribution in [2.45, 2.75) is 19.5 Å². The topological polar surface area (TPSA) is 66.6 Å². The van der Waals surface area contributed by atoms with Gasteiger partial charge in [0.25, 0.3) is 0 Å². The molecule has 0 fully saturated rings. The normalized spacial score (nSPS) is 15.1. The maximum Gasteiger partial charge on any atom is 0.336 e. The molecule has 0 atom stereocenters. The molecular formula is C14H13FN2O3. The molecule has 0 saturated heterocycles. The number of halogens is 1. The van der Waals surface area contributed by atoms with Crippen molar-refractivity contribution in [3.63, 3.8) is 0 Å². The van der Waals surface area contributed by atoms with E-state index in [1.54, 1.807) is 6.07 Å². The fourth-order valence-electron chi connectivity index (χ4n) is 2.59. The first-order chi connectivity index (χ1) is 9.63. The molecule has 1 aromatic carbocycles. The molecule has 2 heterocycles. The molecule has 3 rings (SSSR count). The maximum absolute atomic E-state index is 13.5. The van der Waals surface area contributed by atoms with Gasteiger partial charge in [-0.15, -0.1) is 0 Å². The summed E-state index contributed by atoms with van der Waals surface area (Å²) in [5, 5.41) is 13.0. The number of aromatic nitrogens is 1. The summed E-state index contributed by atoms with van der Waals surface area (Å²) in [7, 11) is 0. The van der Waals surface area contributed by atoms with Crippen LogP contribution in [0.15, 0.2) is 29.0 Å². The first-order valence-corrected chi connectivity index (χ1v) is 6.29. The summed E-state index contributed by atoms with van der Waals surface area (Å²) in [5.41, 5.74) is 2.34. The molecule has 6 heteroatoms. The smallest absolute Gasteiger partial charge is 0.336 e. The monoisotopic (exact) mass is 276 g/mol. The van der Waals surface area contributed by atoms with Crippen molar-refractivity contribution in [1.82, 2.24) is 10.1 Å². The highest BCUT2D eigenvalue weighted by molar-refractivity contribution is 5.90. The number of carboxylic acid groups (broad SMARTS) is 1. The second-order valence-electron chi connectivity index (χ2n) is 4.85. The Labute approximate surface area is 114 Å². The van der Waals surface area contributed by atoms with Gasteiger partial charge in [-0.3, -0.25) is 4.90 Å². The Bertz CT molecular complexity index is 640. The van der Waals surface area contributed by atoms with Crippen LogP contribution in [0.2, 0.25) is 0 Å². The predicted octanol–water partition coefficient (Wildman–Crippen LogP) is 2.07. The van der Waals surface area contributed by atoms with Gasteiger partial charge < -0.3 is 9.63 Å². The minimum atomic E-state index is -1.08. The van der Waals surface area contributed by atoms with Crippen molar-refractivity contribution in [3.8, 4) is 0 Å². The van der Waals surface area contributed by atoms with E-state index in [-0.39, 0.29) is 5.56 Å². The van der Waals surface area contributed by atoms with Crippen LogP contribution < -0.4 is 0 Å². The number of rotatable bonds is 3. The molecular weight excluding hydrogens is 263 g/mol. The summed E-state index contributed by atoms with van der Waals surface area (Å²) >= 11 is 0. The zero-order valence-corrected chi connectivity index (χ0v) is 10.7. The average Bonchev–Trinajstić information content (AvgIpc) is 2.90. The van der Waals surface area contributed by atoms with Crippen LogP contribution in [0, 0.1) is 5.82 Å². The Kier molecular flexibility index (Phi) is 3.23. The number of carbonyl (C=O) groups is 1. The SMILES string of the molecule is O=C(O)c1cc(F)cc2c1CCN(Cc1ccon1)C2. The minimum absolute atomic E-state index is 0.0705. The molecule has 0 unspecified atom stereocenters. The number of hydrogen-bond donors (Lipinski definition) is 1. The fourth-order valence-corrected chi connectivity index (χ4v) is 2.59. The van der Waals surface area contributed by atoms with Gasteiger partial charge in [0.2, 0.25) is 0 Å². The van der Waals surface area contributed by atoms with Gasteiger partial charge in [0.15, 0.2) is 0 Å². The molecule has 20 heavy (non-hydrogen) atoms. The molecule has 1 aliphatic rings. The van der Waals surface area contributed by atoms with Crippen molar-refractivity contribution in [2.24, 2.45) is 0 Å². The molecule has 104 valence electrons. The number of hydrogen-bond acceptors (Lipinski definition) is 4. The summed E-state index contributed by atoms with van der Waals surface area (Å²) in [6, 6.07) is 4.29. The van der Waals surface area contributed by atoms with Crippen LogP contribution >= 0.6 is 0 Å². The van der Waals surface area contributed by atoms with E-state index in [0.717, 1.165) is 22.9 Å². The summed E-state index contributed by atoms with van der Waals surface area (Å²) in [6.45, 7) is 1.83. The third kappa shape index (κ3) is 2.42. The van der Waals surface area contributed by atoms with Crippen LogP contribution in [0.4, 0.5) is 4.39 Å². The molecule has 0 amide bonds. The molecule has 0 radical (unpaired) electrons. The Morgan fingerprint density at radius 3 is 3.05 bits per heavy atom. The number of carboxylic acids is 1. The average molecular weight is 276 g/mol. The first-order valence-electron chi connectivity index (χ1n) is 6.29. The highest BCUT2D eigenvalue weighted by atomic mass is 19.1. The number of fused-ring (bicyclic) bond motifs is 1. The van der Waals surface area contributed by atoms with Crippen LogP contribution in [0.25, 0.3) is 0 Å². The first kappa shape index (κ1) is 12.8. The van der Waals surface area contributed by atoms with Crippen LogP contribution in [0.5, 0.6) is 0 Å². The van der Waals surface area contributed by atoms with Gasteiger partial charge in [-0.1, -0.05) is 5.16 Å². The number of aromatic carboxylic acids is 1. The summed E-state index contributed by atoms with van der Waals surface area (Å²) < 4.78 is 18.3. The van der Waals surface area contributed by atoms with Gasteiger partial charge >= 0.3 is 5.97 Å². The van der Waals surface area contributed by atoms with Gasteiger partial charge in [-0.05, 0) is 29.7 Å². The van der Waals surface area contributed by atoms with Crippen molar-refractivity contribution in [3.05, 3.63) is 52.7 Å². The quantitative estimate of drug-likeness (QED) is 0.929. The molecule has 1 N–H and O–H groups in total. The van der Waals surface area contributed by atoms with Gasteiger partial charge in [0, 0.05) is 25.7 Å². The highest BCUT2D eigenvalue weighted by Gasteiger charge is 2.23. The van der Waals surface area contributed by atoms with E-state index >= 15 is 0 Å². The molecule has 0 bridgehead atoms. The van der Waals surface area contributed by atoms with Crippen LogP contribution in [0.1, 0.15) is 27.2 Å². The third-order valence-electron chi connectivity index (χ3n) is 3.49. The van der Waals surface area contributed by atoms with E-state index in [2.05, 4.69) is 10.1 Å². The van der Waals surface area contributed by atoms with E-state index < -0.39 is 11.8 Å². The summed E-state index contributed by atoms with van der Waals surface area (Å²) in [6.07, 6.45) is 2.10. The Hall–Kier alpha value is -2.21. The lowest BCUT2D eigenvalue weighted by molar-refractivity contribution is 0.0694. The van der Waals surface area contributed by atoms with Crippen molar-refractivity contribution in [1.29, 1.82) is 0 Å². The molecule has 0 saturated carbocycles. The molecule has 5 nitrogen and oxygen atoms in total. The van der Waals surface area contributed by atoms with Gasteiger partial charge in [0.1, 0.15) is 12.1 Å². The molecule has 0 spiro atoms. The van der Waals surface area contributed by atoms with Crippen LogP contribution in [0.3, 0.4) is 0 Å². The highest BCUT2D eigenvalue weighted by Crippen LogP contribution is 2.25. The fraction of sp³-hybridized carbons (Fsp3) is 0.286. The second kappa shape index (κ2) is 5.05. The van der Waals surface area contributed by atoms with E-state index in [0.29, 0.717) is 26.1 Å². The number of benzene rings is 1. The lowest BCUT2D eigenvalue weighted by Crippen LogP contribution is -2.31. The minimum Gasteiger partial charge on any atom is -0.478 e. The van der Waals surface area contributed by atoms with E-state index in [1.807, 2.05) is 0 Å². The molecule has 2 aromatic rings. The standard InChI is InChI=1S/C14H13FN2O3/c15-10-5-9-7-17(8-11-2-4-20-16-11)3-1-12(9)13(6-10)14(18)19/h2,4-6H,1,3,7-8H2,(H,18,19). The van der Waals surface area contributed by atoms with Gasteiger partial charge in [-0.2, -0.15) is 0 Å². The summed E-state index contributed by atoms with van der Waals surface area (Å²) in [5.74, 6) is -1.59. The van der Waals surface area contributed by atoms with Gasteiger partial charge in [-0.25, -0.2) is 9.18 Å². The van der Waals surface area contributed by atoms with E-state index in [1.165, 1.54) is 12.3 Å². The van der Waals surface area contributed by atoms with E-state index in [9.17, 15) is 9.18 Å².